The molecule has 3 rings (SSSR count). The maximum absolute atomic E-state index is 13.2. The van der Waals surface area contributed by atoms with Crippen molar-refractivity contribution in [2.45, 2.75) is 44.2 Å². The van der Waals surface area contributed by atoms with Crippen molar-refractivity contribution < 1.29 is 23.5 Å². The van der Waals surface area contributed by atoms with E-state index < -0.39 is 24.5 Å². The van der Waals surface area contributed by atoms with Crippen molar-refractivity contribution in [3.8, 4) is 0 Å². The predicted octanol–water partition coefficient (Wildman–Crippen LogP) is 1.83. The molecule has 1 saturated heterocycles. The highest BCUT2D eigenvalue weighted by molar-refractivity contribution is 5.89. The smallest absolute Gasteiger partial charge is 0.346 e. The molecule has 0 radical (unpaired) electrons. The molecular weight excluding hydrogens is 356 g/mol. The summed E-state index contributed by atoms with van der Waals surface area (Å²) in [6.45, 7) is 0.712. The van der Waals surface area contributed by atoms with Gasteiger partial charge in [-0.05, 0) is 31.4 Å². The Morgan fingerprint density at radius 2 is 2.11 bits per heavy atom. The van der Waals surface area contributed by atoms with E-state index in [1.165, 1.54) is 0 Å². The van der Waals surface area contributed by atoms with Crippen molar-refractivity contribution >= 4 is 22.7 Å². The maximum atomic E-state index is 13.2. The number of aromatic amines is 1. The highest BCUT2D eigenvalue weighted by Crippen LogP contribution is 2.23. The van der Waals surface area contributed by atoms with Gasteiger partial charge in [0.15, 0.2) is 0 Å². The van der Waals surface area contributed by atoms with E-state index in [1.807, 2.05) is 37.4 Å². The molecule has 0 bridgehead atoms. The van der Waals surface area contributed by atoms with Gasteiger partial charge in [0.25, 0.3) is 5.91 Å². The van der Waals surface area contributed by atoms with E-state index in [-0.39, 0.29) is 18.4 Å². The molecule has 0 aliphatic carbocycles. The molecule has 1 aromatic carbocycles. The average molecular weight is 379 g/mol. The number of benzene rings is 1. The SMILES string of the molecule is CC1CC(NC(=O)C(F)(F)CO)CCN1C(=O)Cc1c[nH]c2ccccc12. The van der Waals surface area contributed by atoms with Gasteiger partial charge >= 0.3 is 5.92 Å². The van der Waals surface area contributed by atoms with Crippen molar-refractivity contribution in [2.75, 3.05) is 13.2 Å². The number of likely N-dealkylation sites (tertiary alicyclic amines) is 1. The summed E-state index contributed by atoms with van der Waals surface area (Å²) in [6, 6.07) is 7.13. The van der Waals surface area contributed by atoms with Gasteiger partial charge in [-0.25, -0.2) is 0 Å². The Hall–Kier alpha value is -2.48. The number of halogens is 2. The maximum Gasteiger partial charge on any atom is 0.346 e. The van der Waals surface area contributed by atoms with E-state index in [2.05, 4.69) is 10.3 Å². The Labute approximate surface area is 155 Å². The zero-order valence-electron chi connectivity index (χ0n) is 15.0. The van der Waals surface area contributed by atoms with E-state index in [0.29, 0.717) is 19.4 Å². The summed E-state index contributed by atoms with van der Waals surface area (Å²) in [5, 5.41) is 11.9. The third-order valence-corrected chi connectivity index (χ3v) is 5.08. The van der Waals surface area contributed by atoms with Gasteiger partial charge in [0.2, 0.25) is 5.91 Å². The number of aliphatic hydroxyl groups is 1. The molecule has 0 saturated carbocycles. The molecule has 1 aromatic heterocycles. The van der Waals surface area contributed by atoms with E-state index >= 15 is 0 Å². The van der Waals surface area contributed by atoms with Crippen molar-refractivity contribution in [1.29, 1.82) is 0 Å². The molecule has 0 spiro atoms. The van der Waals surface area contributed by atoms with Gasteiger partial charge in [-0.15, -0.1) is 0 Å². The zero-order valence-corrected chi connectivity index (χ0v) is 15.0. The van der Waals surface area contributed by atoms with E-state index in [1.54, 1.807) is 4.90 Å². The molecule has 2 aromatic rings. The number of alkyl halides is 2. The number of aromatic nitrogens is 1. The first kappa shape index (κ1) is 19.3. The first-order valence-electron chi connectivity index (χ1n) is 8.96. The lowest BCUT2D eigenvalue weighted by atomic mass is 9.97. The van der Waals surface area contributed by atoms with Crippen molar-refractivity contribution in [1.82, 2.24) is 15.2 Å². The number of fused-ring (bicyclic) bond motifs is 1. The summed E-state index contributed by atoms with van der Waals surface area (Å²) in [6.07, 6.45) is 2.88. The minimum absolute atomic E-state index is 0.0299. The van der Waals surface area contributed by atoms with Gasteiger partial charge < -0.3 is 20.3 Å². The van der Waals surface area contributed by atoms with Gasteiger partial charge in [0.05, 0.1) is 6.42 Å². The van der Waals surface area contributed by atoms with Crippen LogP contribution < -0.4 is 5.32 Å². The van der Waals surface area contributed by atoms with Crippen molar-refractivity contribution in [2.24, 2.45) is 0 Å². The Kier molecular flexibility index (Phi) is 5.46. The number of carbonyl (C=O) groups excluding carboxylic acids is 2. The van der Waals surface area contributed by atoms with Gasteiger partial charge in [0.1, 0.15) is 6.61 Å². The zero-order chi connectivity index (χ0) is 19.6. The Morgan fingerprint density at radius 1 is 1.37 bits per heavy atom. The van der Waals surface area contributed by atoms with Crippen LogP contribution in [-0.2, 0) is 16.0 Å². The second kappa shape index (κ2) is 7.64. The summed E-state index contributed by atoms with van der Waals surface area (Å²) >= 11 is 0. The molecule has 1 fully saturated rings. The number of piperidine rings is 1. The molecule has 8 heteroatoms. The molecule has 1 aliphatic rings. The quantitative estimate of drug-likeness (QED) is 0.741. The third kappa shape index (κ3) is 4.10. The van der Waals surface area contributed by atoms with Crippen LogP contribution in [0.1, 0.15) is 25.3 Å². The molecule has 1 aliphatic heterocycles. The molecule has 146 valence electrons. The Morgan fingerprint density at radius 3 is 2.81 bits per heavy atom. The number of hydrogen-bond donors (Lipinski definition) is 3. The summed E-state index contributed by atoms with van der Waals surface area (Å²) in [4.78, 5) is 29.1. The second-order valence-corrected chi connectivity index (χ2v) is 7.03. The molecular formula is C19H23F2N3O3. The first-order valence-corrected chi connectivity index (χ1v) is 8.96. The number of aliphatic hydroxyl groups excluding tert-OH is 1. The van der Waals surface area contributed by atoms with E-state index in [4.69, 9.17) is 5.11 Å². The molecule has 2 atom stereocenters. The van der Waals surface area contributed by atoms with Crippen LogP contribution in [-0.4, -0.2) is 58.0 Å². The summed E-state index contributed by atoms with van der Waals surface area (Å²) < 4.78 is 26.4. The van der Waals surface area contributed by atoms with Crippen molar-refractivity contribution in [3.63, 3.8) is 0 Å². The molecule has 2 amide bonds. The van der Waals surface area contributed by atoms with Crippen LogP contribution in [0.2, 0.25) is 0 Å². The van der Waals surface area contributed by atoms with Gasteiger partial charge in [-0.2, -0.15) is 8.78 Å². The highest BCUT2D eigenvalue weighted by Gasteiger charge is 2.40. The van der Waals surface area contributed by atoms with Gasteiger partial charge in [0, 0.05) is 35.7 Å². The van der Waals surface area contributed by atoms with Crippen LogP contribution in [0.4, 0.5) is 8.78 Å². The minimum Gasteiger partial charge on any atom is -0.390 e. The Bertz CT molecular complexity index is 836. The standard InChI is InChI=1S/C19H23F2N3O3/c1-12-8-14(23-18(27)19(20,21)11-25)6-7-24(12)17(26)9-13-10-22-16-5-3-2-4-15(13)16/h2-5,10,12,14,22,25H,6-9,11H2,1H3,(H,23,27). The van der Waals surface area contributed by atoms with E-state index in [9.17, 15) is 18.4 Å². The number of hydrogen-bond acceptors (Lipinski definition) is 3. The topological polar surface area (TPSA) is 85.4 Å². The summed E-state index contributed by atoms with van der Waals surface area (Å²) in [7, 11) is 0. The third-order valence-electron chi connectivity index (χ3n) is 5.08. The van der Waals surface area contributed by atoms with Crippen molar-refractivity contribution in [3.05, 3.63) is 36.0 Å². The number of H-pyrrole nitrogens is 1. The van der Waals surface area contributed by atoms with Gasteiger partial charge in [-0.1, -0.05) is 18.2 Å². The minimum atomic E-state index is -3.79. The van der Waals surface area contributed by atoms with E-state index in [0.717, 1.165) is 16.5 Å². The molecule has 2 heterocycles. The molecule has 6 nitrogen and oxygen atoms in total. The lowest BCUT2D eigenvalue weighted by Crippen LogP contribution is -2.54. The normalized spacial score (nSPS) is 20.7. The molecule has 3 N–H and O–H groups in total. The Balaban J connectivity index is 1.59. The second-order valence-electron chi connectivity index (χ2n) is 7.03. The fourth-order valence-electron chi connectivity index (χ4n) is 3.58. The van der Waals surface area contributed by atoms with Crippen LogP contribution in [0.3, 0.4) is 0 Å². The number of nitrogens with zero attached hydrogens (tertiary/aromatic N) is 1. The molecule has 27 heavy (non-hydrogen) atoms. The molecule has 2 unspecified atom stereocenters. The van der Waals surface area contributed by atoms with Crippen LogP contribution in [0.15, 0.2) is 30.5 Å². The average Bonchev–Trinajstić information content (AvgIpc) is 3.04. The first-order chi connectivity index (χ1) is 12.8. The van der Waals surface area contributed by atoms with Crippen LogP contribution in [0.5, 0.6) is 0 Å². The largest absolute Gasteiger partial charge is 0.390 e. The summed E-state index contributed by atoms with van der Waals surface area (Å²) in [5.41, 5.74) is 1.89. The van der Waals surface area contributed by atoms with Gasteiger partial charge in [-0.3, -0.25) is 9.59 Å². The van der Waals surface area contributed by atoms with Crippen LogP contribution in [0.25, 0.3) is 10.9 Å². The van der Waals surface area contributed by atoms with Crippen LogP contribution >= 0.6 is 0 Å². The highest BCUT2D eigenvalue weighted by atomic mass is 19.3. The monoisotopic (exact) mass is 379 g/mol. The number of nitrogens with one attached hydrogen (secondary N) is 2. The number of para-hydroxylation sites is 1. The fraction of sp³-hybridized carbons (Fsp3) is 0.474. The lowest BCUT2D eigenvalue weighted by molar-refractivity contribution is -0.152. The fourth-order valence-corrected chi connectivity index (χ4v) is 3.58. The predicted molar refractivity (Wildman–Crippen MR) is 96.4 cm³/mol. The number of amides is 2. The number of rotatable bonds is 5. The lowest BCUT2D eigenvalue weighted by Gasteiger charge is -2.38. The number of carbonyl (C=O) groups is 2. The summed E-state index contributed by atoms with van der Waals surface area (Å²) in [5.74, 6) is -5.29. The van der Waals surface area contributed by atoms with Crippen LogP contribution in [0, 0.1) is 0 Å².